The van der Waals surface area contributed by atoms with E-state index in [0.29, 0.717) is 28.7 Å². The molecular weight excluding hydrogens is 438 g/mol. The number of rotatable bonds is 9. The van der Waals surface area contributed by atoms with Crippen LogP contribution in [0.25, 0.3) is 0 Å². The Balaban J connectivity index is 1.71. The van der Waals surface area contributed by atoms with Crippen molar-refractivity contribution in [3.8, 4) is 11.5 Å². The van der Waals surface area contributed by atoms with E-state index >= 15 is 0 Å². The lowest BCUT2D eigenvalue weighted by Gasteiger charge is -2.12. The zero-order chi connectivity index (χ0) is 22.6. The Kier molecular flexibility index (Phi) is 10.1. The summed E-state index contributed by atoms with van der Waals surface area (Å²) in [5.41, 5.74) is 6.06. The van der Waals surface area contributed by atoms with E-state index in [0.717, 1.165) is 24.8 Å². The fourth-order valence-electron chi connectivity index (χ4n) is 2.53. The van der Waals surface area contributed by atoms with Crippen LogP contribution >= 0.6 is 23.8 Å². The molecule has 2 aromatic rings. The summed E-state index contributed by atoms with van der Waals surface area (Å²) in [6, 6.07) is 11.9. The molecule has 31 heavy (non-hydrogen) atoms. The number of carbonyl (C=O) groups excluding carboxylic acids is 2. The molecule has 2 aromatic carbocycles. The van der Waals surface area contributed by atoms with Gasteiger partial charge in [-0.25, -0.2) is 0 Å². The predicted octanol–water partition coefficient (Wildman–Crippen LogP) is 3.93. The number of aryl methyl sites for hydroxylation is 1. The molecule has 0 aliphatic carbocycles. The van der Waals surface area contributed by atoms with Gasteiger partial charge in [-0.15, -0.1) is 0 Å². The second-order valence-corrected chi connectivity index (χ2v) is 7.58. The third-order valence-corrected chi connectivity index (χ3v) is 4.61. The summed E-state index contributed by atoms with van der Waals surface area (Å²) in [5.74, 6) is 0.387. The molecule has 166 valence electrons. The smallest absolute Gasteiger partial charge is 0.276 e. The fourth-order valence-corrected chi connectivity index (χ4v) is 2.90. The molecule has 9 heteroatoms. The van der Waals surface area contributed by atoms with Crippen molar-refractivity contribution in [1.29, 1.82) is 0 Å². The Morgan fingerprint density at radius 2 is 1.77 bits per heavy atom. The Morgan fingerprint density at radius 1 is 1.03 bits per heavy atom. The molecule has 3 N–H and O–H groups in total. The van der Waals surface area contributed by atoms with E-state index in [1.54, 1.807) is 42.5 Å². The largest absolute Gasteiger partial charge is 0.494 e. The second kappa shape index (κ2) is 12.8. The number of halogens is 1. The van der Waals surface area contributed by atoms with Crippen LogP contribution in [0.15, 0.2) is 42.5 Å². The Hall–Kier alpha value is -2.84. The average Bonchev–Trinajstić information content (AvgIpc) is 2.75. The molecule has 0 aliphatic heterocycles. The summed E-state index contributed by atoms with van der Waals surface area (Å²) < 4.78 is 11.1. The molecule has 0 unspecified atom stereocenters. The van der Waals surface area contributed by atoms with Gasteiger partial charge in [-0.2, -0.15) is 0 Å². The third kappa shape index (κ3) is 8.82. The molecule has 0 fully saturated rings. The van der Waals surface area contributed by atoms with Crippen LogP contribution in [0.4, 0.5) is 0 Å². The van der Waals surface area contributed by atoms with E-state index in [1.165, 1.54) is 0 Å². The molecule has 2 amide bonds. The number of hydrogen-bond acceptors (Lipinski definition) is 5. The molecule has 0 atom stereocenters. The first-order valence-electron chi connectivity index (χ1n) is 9.91. The number of carbonyl (C=O) groups is 2. The van der Waals surface area contributed by atoms with E-state index in [9.17, 15) is 9.59 Å². The molecule has 0 radical (unpaired) electrons. The van der Waals surface area contributed by atoms with Crippen molar-refractivity contribution in [1.82, 2.24) is 16.2 Å². The first-order valence-corrected chi connectivity index (χ1v) is 10.7. The van der Waals surface area contributed by atoms with Crippen molar-refractivity contribution in [2.24, 2.45) is 0 Å². The standard InChI is InChI=1S/C22H26ClN3O4S/c1-3-4-5-12-29-18-9-6-16(7-10-18)21(28)24-22(31)26-25-20(27)14-30-19-11-8-17(23)13-15(19)2/h6-11,13H,3-5,12,14H2,1-2H3,(H,25,27)(H2,24,26,28,31). The van der Waals surface area contributed by atoms with E-state index in [4.69, 9.17) is 33.3 Å². The van der Waals surface area contributed by atoms with Crippen LogP contribution in [0.5, 0.6) is 11.5 Å². The van der Waals surface area contributed by atoms with Crippen LogP contribution < -0.4 is 25.6 Å². The number of ether oxygens (including phenoxy) is 2. The van der Waals surface area contributed by atoms with Crippen molar-refractivity contribution in [2.75, 3.05) is 13.2 Å². The SMILES string of the molecule is CCCCCOc1ccc(C(=O)NC(=S)NNC(=O)COc2ccc(Cl)cc2C)cc1. The van der Waals surface area contributed by atoms with Gasteiger partial charge in [-0.3, -0.25) is 25.8 Å². The van der Waals surface area contributed by atoms with Crippen LogP contribution in [0.3, 0.4) is 0 Å². The summed E-state index contributed by atoms with van der Waals surface area (Å²) in [6.45, 7) is 4.38. The number of amides is 2. The average molecular weight is 464 g/mol. The number of nitrogens with one attached hydrogen (secondary N) is 3. The Morgan fingerprint density at radius 3 is 2.45 bits per heavy atom. The van der Waals surface area contributed by atoms with Gasteiger partial charge in [0.1, 0.15) is 11.5 Å². The maximum absolute atomic E-state index is 12.3. The van der Waals surface area contributed by atoms with E-state index in [1.807, 2.05) is 6.92 Å². The minimum absolute atomic E-state index is 0.0408. The zero-order valence-corrected chi connectivity index (χ0v) is 19.1. The monoisotopic (exact) mass is 463 g/mol. The van der Waals surface area contributed by atoms with E-state index in [2.05, 4.69) is 23.1 Å². The van der Waals surface area contributed by atoms with Crippen molar-refractivity contribution in [3.05, 3.63) is 58.6 Å². The molecule has 7 nitrogen and oxygen atoms in total. The Bertz CT molecular complexity index is 906. The normalized spacial score (nSPS) is 10.2. The molecule has 0 heterocycles. The Labute approximate surface area is 192 Å². The van der Waals surface area contributed by atoms with Gasteiger partial charge >= 0.3 is 0 Å². The predicted molar refractivity (Wildman–Crippen MR) is 124 cm³/mol. The van der Waals surface area contributed by atoms with Gasteiger partial charge < -0.3 is 9.47 Å². The number of thiocarbonyl (C=S) groups is 1. The minimum atomic E-state index is -0.462. The highest BCUT2D eigenvalue weighted by atomic mass is 35.5. The lowest BCUT2D eigenvalue weighted by molar-refractivity contribution is -0.123. The van der Waals surface area contributed by atoms with Crippen molar-refractivity contribution in [2.45, 2.75) is 33.1 Å². The molecular formula is C22H26ClN3O4S. The summed E-state index contributed by atoms with van der Waals surface area (Å²) in [6.07, 6.45) is 3.25. The maximum Gasteiger partial charge on any atom is 0.276 e. The summed E-state index contributed by atoms with van der Waals surface area (Å²) in [4.78, 5) is 24.2. The van der Waals surface area contributed by atoms with Crippen molar-refractivity contribution < 1.29 is 19.1 Å². The third-order valence-electron chi connectivity index (χ3n) is 4.17. The fraction of sp³-hybridized carbons (Fsp3) is 0.318. The highest BCUT2D eigenvalue weighted by Crippen LogP contribution is 2.21. The topological polar surface area (TPSA) is 88.7 Å². The molecule has 0 saturated heterocycles. The summed E-state index contributed by atoms with van der Waals surface area (Å²) in [5, 5.41) is 3.04. The molecule has 2 rings (SSSR count). The number of hydrogen-bond donors (Lipinski definition) is 3. The zero-order valence-electron chi connectivity index (χ0n) is 17.5. The van der Waals surface area contributed by atoms with Crippen LogP contribution in [-0.4, -0.2) is 30.1 Å². The number of unbranched alkanes of at least 4 members (excludes halogenated alkanes) is 2. The highest BCUT2D eigenvalue weighted by molar-refractivity contribution is 7.80. The van der Waals surface area contributed by atoms with Gasteiger partial charge in [0.2, 0.25) is 0 Å². The number of benzene rings is 2. The molecule has 0 saturated carbocycles. The lowest BCUT2D eigenvalue weighted by atomic mass is 10.2. The second-order valence-electron chi connectivity index (χ2n) is 6.73. The van der Waals surface area contributed by atoms with Crippen LogP contribution in [-0.2, 0) is 4.79 Å². The first-order chi connectivity index (χ1) is 14.9. The van der Waals surface area contributed by atoms with Gasteiger partial charge in [-0.1, -0.05) is 31.4 Å². The minimum Gasteiger partial charge on any atom is -0.494 e. The van der Waals surface area contributed by atoms with E-state index < -0.39 is 11.8 Å². The maximum atomic E-state index is 12.3. The van der Waals surface area contributed by atoms with Crippen LogP contribution in [0, 0.1) is 6.92 Å². The molecule has 0 bridgehead atoms. The lowest BCUT2D eigenvalue weighted by Crippen LogP contribution is -2.49. The molecule has 0 aromatic heterocycles. The summed E-state index contributed by atoms with van der Waals surface area (Å²) >= 11 is 10.9. The van der Waals surface area contributed by atoms with Crippen molar-refractivity contribution in [3.63, 3.8) is 0 Å². The van der Waals surface area contributed by atoms with Crippen molar-refractivity contribution >= 4 is 40.7 Å². The van der Waals surface area contributed by atoms with Gasteiger partial charge in [0, 0.05) is 10.6 Å². The van der Waals surface area contributed by atoms with Gasteiger partial charge in [0.25, 0.3) is 11.8 Å². The van der Waals surface area contributed by atoms with Gasteiger partial charge in [0.15, 0.2) is 11.7 Å². The highest BCUT2D eigenvalue weighted by Gasteiger charge is 2.10. The van der Waals surface area contributed by atoms with Crippen LogP contribution in [0.2, 0.25) is 5.02 Å². The molecule has 0 aliphatic rings. The van der Waals surface area contributed by atoms with Crippen LogP contribution in [0.1, 0.15) is 42.1 Å². The summed E-state index contributed by atoms with van der Waals surface area (Å²) in [7, 11) is 0. The van der Waals surface area contributed by atoms with Gasteiger partial charge in [-0.05, 0) is 73.6 Å². The van der Waals surface area contributed by atoms with Gasteiger partial charge in [0.05, 0.1) is 6.61 Å². The first kappa shape index (κ1) is 24.4. The van der Waals surface area contributed by atoms with E-state index in [-0.39, 0.29) is 11.7 Å². The quantitative estimate of drug-likeness (QED) is 0.296. The molecule has 0 spiro atoms. The number of hydrazine groups is 1.